The Kier molecular flexibility index (Phi) is 15.1. The SMILES string of the molecule is CCCCCCCCCCCCCCOc1ccc(CN(C(=O)NC)c2cccc(C[n+]3ccsc3)c2)cc1OC. The van der Waals surface area contributed by atoms with Crippen LogP contribution < -0.4 is 24.3 Å². The molecule has 2 aromatic carbocycles. The summed E-state index contributed by atoms with van der Waals surface area (Å²) in [6.45, 7) is 4.14. The number of unbranched alkanes of at least 4 members (excludes halogenated alkanes) is 11. The molecule has 0 unspecified atom stereocenters. The molecule has 0 saturated heterocycles. The van der Waals surface area contributed by atoms with Gasteiger partial charge in [-0.3, -0.25) is 4.90 Å². The Labute approximate surface area is 251 Å². The van der Waals surface area contributed by atoms with E-state index in [2.05, 4.69) is 46.0 Å². The van der Waals surface area contributed by atoms with Gasteiger partial charge in [0.1, 0.15) is 0 Å². The summed E-state index contributed by atoms with van der Waals surface area (Å²) in [5.74, 6) is 1.45. The second kappa shape index (κ2) is 19.1. The first-order valence-electron chi connectivity index (χ1n) is 15.4. The fourth-order valence-electron chi connectivity index (χ4n) is 5.04. The number of methoxy groups -OCH3 is 1. The first-order chi connectivity index (χ1) is 20.1. The molecule has 0 bridgehead atoms. The minimum Gasteiger partial charge on any atom is -0.493 e. The van der Waals surface area contributed by atoms with E-state index in [0.717, 1.165) is 35.5 Å². The third kappa shape index (κ3) is 11.8. The van der Waals surface area contributed by atoms with Crippen molar-refractivity contribution in [3.8, 4) is 11.5 Å². The molecule has 1 aromatic heterocycles. The summed E-state index contributed by atoms with van der Waals surface area (Å²) < 4.78 is 13.9. The number of ether oxygens (including phenoxy) is 2. The first-order valence-corrected chi connectivity index (χ1v) is 16.4. The van der Waals surface area contributed by atoms with E-state index in [1.807, 2.05) is 30.3 Å². The van der Waals surface area contributed by atoms with Gasteiger partial charge in [0.25, 0.3) is 0 Å². The van der Waals surface area contributed by atoms with Crippen LogP contribution in [0, 0.1) is 0 Å². The largest absolute Gasteiger partial charge is 0.493 e. The Morgan fingerprint density at radius 3 is 2.22 bits per heavy atom. The quantitative estimate of drug-likeness (QED) is 0.108. The van der Waals surface area contributed by atoms with Crippen molar-refractivity contribution in [2.45, 2.75) is 97.1 Å². The Bertz CT molecular complexity index is 1140. The maximum atomic E-state index is 12.9. The predicted molar refractivity (Wildman–Crippen MR) is 170 cm³/mol. The molecule has 224 valence electrons. The molecule has 7 heteroatoms. The lowest BCUT2D eigenvalue weighted by atomic mass is 10.1. The fraction of sp³-hybridized carbons (Fsp3) is 0.529. The average molecular weight is 581 g/mol. The number of carbonyl (C=O) groups excluding carboxylic acids is 1. The van der Waals surface area contributed by atoms with Crippen molar-refractivity contribution in [2.75, 3.05) is 25.7 Å². The van der Waals surface area contributed by atoms with Crippen LogP contribution in [0.2, 0.25) is 0 Å². The number of benzene rings is 2. The highest BCUT2D eigenvalue weighted by Gasteiger charge is 2.17. The van der Waals surface area contributed by atoms with E-state index in [9.17, 15) is 4.79 Å². The second-order valence-corrected chi connectivity index (χ2v) is 11.5. The van der Waals surface area contributed by atoms with E-state index in [0.29, 0.717) is 18.9 Å². The molecule has 0 saturated carbocycles. The number of aromatic nitrogens is 1. The molecule has 1 N–H and O–H groups in total. The number of amides is 2. The van der Waals surface area contributed by atoms with Gasteiger partial charge < -0.3 is 14.8 Å². The van der Waals surface area contributed by atoms with Crippen molar-refractivity contribution in [1.82, 2.24) is 5.32 Å². The van der Waals surface area contributed by atoms with Crippen molar-refractivity contribution < 1.29 is 18.8 Å². The van der Waals surface area contributed by atoms with Crippen LogP contribution in [0.1, 0.15) is 95.1 Å². The van der Waals surface area contributed by atoms with E-state index in [-0.39, 0.29) is 6.03 Å². The number of hydrogen-bond donors (Lipinski definition) is 1. The van der Waals surface area contributed by atoms with Crippen LogP contribution in [0.15, 0.2) is 59.6 Å². The molecule has 0 radical (unpaired) electrons. The monoisotopic (exact) mass is 580 g/mol. The number of nitrogens with one attached hydrogen (secondary N) is 1. The highest BCUT2D eigenvalue weighted by Crippen LogP contribution is 2.30. The molecule has 41 heavy (non-hydrogen) atoms. The van der Waals surface area contributed by atoms with Crippen molar-refractivity contribution in [2.24, 2.45) is 0 Å². The lowest BCUT2D eigenvalue weighted by molar-refractivity contribution is -0.683. The number of hydrogen-bond acceptors (Lipinski definition) is 4. The molecule has 0 aliphatic carbocycles. The van der Waals surface area contributed by atoms with Gasteiger partial charge in [-0.05, 0) is 36.2 Å². The zero-order valence-corrected chi connectivity index (χ0v) is 26.2. The van der Waals surface area contributed by atoms with E-state index < -0.39 is 0 Å². The van der Waals surface area contributed by atoms with Gasteiger partial charge in [0.15, 0.2) is 24.2 Å². The van der Waals surface area contributed by atoms with E-state index in [4.69, 9.17) is 9.47 Å². The Morgan fingerprint density at radius 2 is 1.59 bits per heavy atom. The van der Waals surface area contributed by atoms with Gasteiger partial charge in [0.05, 0.1) is 25.6 Å². The maximum absolute atomic E-state index is 12.9. The summed E-state index contributed by atoms with van der Waals surface area (Å²) in [4.78, 5) is 14.6. The molecule has 0 spiro atoms. The van der Waals surface area contributed by atoms with Gasteiger partial charge in [0, 0.05) is 18.3 Å². The van der Waals surface area contributed by atoms with Crippen LogP contribution >= 0.6 is 11.3 Å². The van der Waals surface area contributed by atoms with E-state index >= 15 is 0 Å². The zero-order chi connectivity index (χ0) is 29.1. The van der Waals surface area contributed by atoms with Crippen molar-refractivity contribution in [1.29, 1.82) is 0 Å². The van der Waals surface area contributed by atoms with Gasteiger partial charge in [0.2, 0.25) is 5.51 Å². The Hall–Kier alpha value is -3.06. The molecule has 2 amide bonds. The molecule has 1 heterocycles. The summed E-state index contributed by atoms with van der Waals surface area (Å²) in [7, 11) is 3.32. The molecule has 3 rings (SSSR count). The lowest BCUT2D eigenvalue weighted by Crippen LogP contribution is -2.38. The van der Waals surface area contributed by atoms with Crippen LogP contribution in [0.3, 0.4) is 0 Å². The molecule has 0 atom stereocenters. The summed E-state index contributed by atoms with van der Waals surface area (Å²) in [6, 6.07) is 13.9. The van der Waals surface area contributed by atoms with Crippen LogP contribution in [0.5, 0.6) is 11.5 Å². The van der Waals surface area contributed by atoms with Crippen LogP contribution in [-0.4, -0.2) is 26.8 Å². The number of carbonyl (C=O) groups is 1. The van der Waals surface area contributed by atoms with Gasteiger partial charge in [-0.2, -0.15) is 4.57 Å². The first kappa shape index (κ1) is 32.5. The topological polar surface area (TPSA) is 54.7 Å². The van der Waals surface area contributed by atoms with Crippen molar-refractivity contribution >= 4 is 23.1 Å². The van der Waals surface area contributed by atoms with Crippen molar-refractivity contribution in [3.05, 3.63) is 70.7 Å². The van der Waals surface area contributed by atoms with Gasteiger partial charge >= 0.3 is 6.03 Å². The highest BCUT2D eigenvalue weighted by atomic mass is 32.1. The van der Waals surface area contributed by atoms with E-state index in [1.54, 1.807) is 30.4 Å². The van der Waals surface area contributed by atoms with Gasteiger partial charge in [-0.25, -0.2) is 4.79 Å². The standard InChI is InChI=1S/C34H49N3O3S/c1-4-5-6-7-8-9-10-11-12-13-14-15-22-40-32-20-19-30(25-33(32)39-3)27-37(34(38)35-2)31-18-16-17-29(24-31)26-36-21-23-41-28-36/h16-21,23-25,28H,4-15,22,26-27H2,1-3H3/p+1. The summed E-state index contributed by atoms with van der Waals surface area (Å²) in [5, 5.41) is 4.84. The number of rotatable bonds is 20. The fourth-order valence-corrected chi connectivity index (χ4v) is 5.64. The molecule has 0 aliphatic rings. The minimum atomic E-state index is -0.156. The third-order valence-corrected chi connectivity index (χ3v) is 8.07. The maximum Gasteiger partial charge on any atom is 0.321 e. The van der Waals surface area contributed by atoms with Crippen LogP contribution in [0.4, 0.5) is 10.5 Å². The molecule has 3 aromatic rings. The molecule has 6 nitrogen and oxygen atoms in total. The number of urea groups is 1. The molecule has 0 fully saturated rings. The normalized spacial score (nSPS) is 10.9. The van der Waals surface area contributed by atoms with E-state index in [1.165, 1.54) is 70.6 Å². The number of thiazole rings is 1. The second-order valence-electron chi connectivity index (χ2n) is 10.7. The summed E-state index contributed by atoms with van der Waals surface area (Å²) in [5.41, 5.74) is 5.04. The smallest absolute Gasteiger partial charge is 0.321 e. The van der Waals surface area contributed by atoms with Crippen LogP contribution in [0.25, 0.3) is 0 Å². The third-order valence-electron chi connectivity index (χ3n) is 7.40. The average Bonchev–Trinajstić information content (AvgIpc) is 3.51. The summed E-state index contributed by atoms with van der Waals surface area (Å²) >= 11 is 1.66. The number of nitrogens with zero attached hydrogens (tertiary/aromatic N) is 2. The van der Waals surface area contributed by atoms with Gasteiger partial charge in [-0.15, -0.1) is 0 Å². The minimum absolute atomic E-state index is 0.156. The zero-order valence-electron chi connectivity index (χ0n) is 25.4. The highest BCUT2D eigenvalue weighted by molar-refractivity contribution is 7.07. The molecule has 0 aliphatic heterocycles. The van der Waals surface area contributed by atoms with Crippen LogP contribution in [-0.2, 0) is 13.1 Å². The predicted octanol–water partition coefficient (Wildman–Crippen LogP) is 8.52. The molecular formula is C34H50N3O3S+. The lowest BCUT2D eigenvalue weighted by Gasteiger charge is -2.23. The Balaban J connectivity index is 1.45. The van der Waals surface area contributed by atoms with Crippen molar-refractivity contribution in [3.63, 3.8) is 0 Å². The Morgan fingerprint density at radius 1 is 0.878 bits per heavy atom. The number of anilines is 1. The van der Waals surface area contributed by atoms with Gasteiger partial charge in [-0.1, -0.05) is 107 Å². The summed E-state index contributed by atoms with van der Waals surface area (Å²) in [6.07, 6.45) is 18.0. The molecular weight excluding hydrogens is 530 g/mol.